The Morgan fingerprint density at radius 2 is 1.74 bits per heavy atom. The maximum atomic E-state index is 13.7. The maximum absolute atomic E-state index is 13.7. The van der Waals surface area contributed by atoms with Crippen LogP contribution in [0.2, 0.25) is 0 Å². The third-order valence-electron chi connectivity index (χ3n) is 6.84. The van der Waals surface area contributed by atoms with Gasteiger partial charge in [-0.05, 0) is 71.2 Å². The smallest absolute Gasteiger partial charge is 0.272 e. The number of sulfonamides is 1. The molecule has 5 rings (SSSR count). The Bertz CT molecular complexity index is 1660. The van der Waals surface area contributed by atoms with Crippen molar-refractivity contribution in [3.05, 3.63) is 120 Å². The number of nitrogens with zero attached hydrogens (tertiary/aromatic N) is 4. The summed E-state index contributed by atoms with van der Waals surface area (Å²) < 4.78 is 39.1. The van der Waals surface area contributed by atoms with E-state index in [1.54, 1.807) is 30.7 Å². The van der Waals surface area contributed by atoms with E-state index in [9.17, 15) is 12.8 Å². The lowest BCUT2D eigenvalue weighted by atomic mass is 9.88. The minimum Gasteiger partial charge on any atom is -0.366 e. The molecule has 0 saturated heterocycles. The zero-order valence-corrected chi connectivity index (χ0v) is 22.0. The topological polar surface area (TPSA) is 93.1 Å². The van der Waals surface area contributed by atoms with E-state index >= 15 is 0 Å². The van der Waals surface area contributed by atoms with Crippen LogP contribution in [0.3, 0.4) is 0 Å². The van der Waals surface area contributed by atoms with E-state index in [0.717, 1.165) is 27.8 Å². The fraction of sp³-hybridized carbons (Fsp3) is 0.133. The number of aromatic nitrogens is 2. The Morgan fingerprint density at radius 1 is 1.05 bits per heavy atom. The van der Waals surface area contributed by atoms with Crippen molar-refractivity contribution in [2.45, 2.75) is 17.4 Å². The number of nitrogens with one attached hydrogen (secondary N) is 1. The molecule has 0 bridgehead atoms. The summed E-state index contributed by atoms with van der Waals surface area (Å²) in [4.78, 5) is 9.60. The van der Waals surface area contributed by atoms with Crippen LogP contribution in [0, 0.1) is 17.3 Å². The van der Waals surface area contributed by atoms with E-state index in [1.807, 2.05) is 48.9 Å². The molecule has 0 spiro atoms. The summed E-state index contributed by atoms with van der Waals surface area (Å²) in [7, 11) is -2.63. The molecule has 196 valence electrons. The quantitative estimate of drug-likeness (QED) is 0.236. The van der Waals surface area contributed by atoms with Crippen LogP contribution in [-0.2, 0) is 10.0 Å². The van der Waals surface area contributed by atoms with Crippen molar-refractivity contribution < 1.29 is 12.8 Å². The summed E-state index contributed by atoms with van der Waals surface area (Å²) in [5.41, 5.74) is 6.30. The van der Waals surface area contributed by atoms with Crippen LogP contribution >= 0.6 is 0 Å². The highest BCUT2D eigenvalue weighted by molar-refractivity contribution is 7.89. The third kappa shape index (κ3) is 5.47. The van der Waals surface area contributed by atoms with Crippen LogP contribution in [0.15, 0.2) is 103 Å². The van der Waals surface area contributed by atoms with Gasteiger partial charge in [0.05, 0.1) is 10.9 Å². The molecule has 3 heterocycles. The lowest BCUT2D eigenvalue weighted by molar-refractivity contribution is 0.302. The van der Waals surface area contributed by atoms with Crippen LogP contribution in [0.25, 0.3) is 22.8 Å². The van der Waals surface area contributed by atoms with E-state index in [2.05, 4.69) is 20.9 Å². The molecule has 0 radical (unpaired) electrons. The average molecular weight is 540 g/mol. The van der Waals surface area contributed by atoms with Crippen molar-refractivity contribution in [3.63, 3.8) is 0 Å². The first-order chi connectivity index (χ1) is 18.9. The highest BCUT2D eigenvalue weighted by atomic mass is 32.2. The van der Waals surface area contributed by atoms with Crippen LogP contribution in [-0.4, -0.2) is 41.2 Å². The molecule has 4 aromatic rings. The van der Waals surface area contributed by atoms with Crippen LogP contribution in [0.5, 0.6) is 0 Å². The van der Waals surface area contributed by atoms with Gasteiger partial charge >= 0.3 is 0 Å². The second-order valence-electron chi connectivity index (χ2n) is 9.17. The number of rotatable bonds is 7. The zero-order chi connectivity index (χ0) is 27.4. The fourth-order valence-electron chi connectivity index (χ4n) is 4.68. The van der Waals surface area contributed by atoms with E-state index in [-0.39, 0.29) is 16.8 Å². The standard InChI is InChI=1S/C30H26FN5O2S/c1-35(21-32)39(37,38)27-8-2-22(3-9-27)12-16-36-17-13-25(18-30(36)24-4-6-26(31)7-5-24)29-20-34-19-28(29)23-10-14-33-15-11-23/h2-16,19-20,30,34H,17-18H2,1H3. The SMILES string of the molecule is CN(C#N)S(=O)(=O)c1ccc(C=CN2CC=C(c3c[nH]cc3-c3ccncc3)CC2c2ccc(F)cc2)cc1. The molecule has 1 atom stereocenters. The van der Waals surface area contributed by atoms with Gasteiger partial charge in [-0.15, -0.1) is 0 Å². The summed E-state index contributed by atoms with van der Waals surface area (Å²) in [5, 5.41) is 8.95. The second-order valence-corrected chi connectivity index (χ2v) is 11.1. The first-order valence-electron chi connectivity index (χ1n) is 12.3. The number of hydrogen-bond donors (Lipinski definition) is 1. The molecule has 2 aromatic heterocycles. The van der Waals surface area contributed by atoms with Crippen LogP contribution in [0.4, 0.5) is 4.39 Å². The molecule has 1 unspecified atom stereocenters. The minimum absolute atomic E-state index is 0.0361. The molecule has 0 saturated carbocycles. The zero-order valence-electron chi connectivity index (χ0n) is 21.2. The van der Waals surface area contributed by atoms with Gasteiger partial charge in [-0.25, -0.2) is 17.1 Å². The molecule has 39 heavy (non-hydrogen) atoms. The second kappa shape index (κ2) is 11.0. The Hall–Kier alpha value is -4.68. The molecule has 9 heteroatoms. The van der Waals surface area contributed by atoms with Gasteiger partial charge < -0.3 is 9.88 Å². The molecule has 1 aliphatic rings. The Balaban J connectivity index is 1.43. The number of hydrogen-bond acceptors (Lipinski definition) is 5. The highest BCUT2D eigenvalue weighted by Crippen LogP contribution is 2.39. The first kappa shape index (κ1) is 25.9. The van der Waals surface area contributed by atoms with E-state index in [0.29, 0.717) is 17.3 Å². The van der Waals surface area contributed by atoms with Crippen molar-refractivity contribution >= 4 is 21.7 Å². The third-order valence-corrected chi connectivity index (χ3v) is 8.51. The van der Waals surface area contributed by atoms with Crippen molar-refractivity contribution in [1.82, 2.24) is 19.2 Å². The summed E-state index contributed by atoms with van der Waals surface area (Å²) in [6, 6.07) is 16.9. The van der Waals surface area contributed by atoms with Crippen LogP contribution < -0.4 is 0 Å². The van der Waals surface area contributed by atoms with Crippen LogP contribution in [0.1, 0.15) is 29.2 Å². The van der Waals surface area contributed by atoms with Crippen molar-refractivity contribution in [1.29, 1.82) is 5.26 Å². The lowest BCUT2D eigenvalue weighted by Crippen LogP contribution is -2.27. The van der Waals surface area contributed by atoms with E-state index in [4.69, 9.17) is 5.26 Å². The summed E-state index contributed by atoms with van der Waals surface area (Å²) in [6.45, 7) is 0.633. The molecule has 7 nitrogen and oxygen atoms in total. The van der Waals surface area contributed by atoms with Gasteiger partial charge in [-0.1, -0.05) is 30.3 Å². The number of benzene rings is 2. The molecule has 1 aliphatic heterocycles. The molecule has 1 N–H and O–H groups in total. The normalized spacial score (nSPS) is 15.7. The molecular formula is C30H26FN5O2S. The summed E-state index contributed by atoms with van der Waals surface area (Å²) in [5.74, 6) is -0.282. The number of halogens is 1. The first-order valence-corrected chi connectivity index (χ1v) is 13.8. The van der Waals surface area contributed by atoms with Gasteiger partial charge in [-0.3, -0.25) is 4.98 Å². The Morgan fingerprint density at radius 3 is 2.44 bits per heavy atom. The fourth-order valence-corrected chi connectivity index (χ4v) is 5.58. The Labute approximate surface area is 227 Å². The van der Waals surface area contributed by atoms with E-state index < -0.39 is 10.0 Å². The van der Waals surface area contributed by atoms with Gasteiger partial charge in [0, 0.05) is 55.7 Å². The highest BCUT2D eigenvalue weighted by Gasteiger charge is 2.25. The van der Waals surface area contributed by atoms with Gasteiger partial charge in [0.1, 0.15) is 5.82 Å². The molecule has 2 aromatic carbocycles. The van der Waals surface area contributed by atoms with Gasteiger partial charge in [0.15, 0.2) is 6.19 Å². The summed E-state index contributed by atoms with van der Waals surface area (Å²) in [6.07, 6.45) is 16.0. The maximum Gasteiger partial charge on any atom is 0.272 e. The van der Waals surface area contributed by atoms with Crippen molar-refractivity contribution in [2.75, 3.05) is 13.6 Å². The monoisotopic (exact) mass is 539 g/mol. The van der Waals surface area contributed by atoms with E-state index in [1.165, 1.54) is 36.9 Å². The van der Waals surface area contributed by atoms with Crippen molar-refractivity contribution in [2.24, 2.45) is 0 Å². The average Bonchev–Trinajstić information content (AvgIpc) is 3.47. The minimum atomic E-state index is -3.85. The van der Waals surface area contributed by atoms with Gasteiger partial charge in [0.2, 0.25) is 0 Å². The Kier molecular flexibility index (Phi) is 7.30. The molecule has 0 fully saturated rings. The van der Waals surface area contributed by atoms with Crippen molar-refractivity contribution in [3.8, 4) is 17.3 Å². The van der Waals surface area contributed by atoms with Gasteiger partial charge in [0.25, 0.3) is 10.0 Å². The molecule has 0 aliphatic carbocycles. The lowest BCUT2D eigenvalue weighted by Gasteiger charge is -2.35. The largest absolute Gasteiger partial charge is 0.366 e. The summed E-state index contributed by atoms with van der Waals surface area (Å²) >= 11 is 0. The number of H-pyrrole nitrogens is 1. The van der Waals surface area contributed by atoms with Gasteiger partial charge in [-0.2, -0.15) is 5.26 Å². The number of nitriles is 1. The number of aromatic amines is 1. The predicted octanol–water partition coefficient (Wildman–Crippen LogP) is 5.82. The molecular weight excluding hydrogens is 513 g/mol. The number of pyridine rings is 1. The predicted molar refractivity (Wildman–Crippen MR) is 149 cm³/mol. The molecule has 0 amide bonds.